The van der Waals surface area contributed by atoms with Crippen molar-refractivity contribution in [2.24, 2.45) is 5.73 Å². The molecule has 1 saturated heterocycles. The van der Waals surface area contributed by atoms with Gasteiger partial charge in [0.25, 0.3) is 0 Å². The molecule has 2 heterocycles. The number of piperidine rings is 1. The molecule has 1 amide bonds. The van der Waals surface area contributed by atoms with E-state index in [1.165, 1.54) is 18.2 Å². The van der Waals surface area contributed by atoms with Crippen molar-refractivity contribution in [2.75, 3.05) is 18.4 Å². The van der Waals surface area contributed by atoms with Crippen molar-refractivity contribution >= 4 is 17.9 Å². The van der Waals surface area contributed by atoms with Crippen molar-refractivity contribution < 1.29 is 13.9 Å². The maximum Gasteiger partial charge on any atom is 0.248 e. The zero-order valence-electron chi connectivity index (χ0n) is 24.2. The van der Waals surface area contributed by atoms with E-state index >= 15 is 0 Å². The molecule has 0 radical (unpaired) electrons. The van der Waals surface area contributed by atoms with Crippen LogP contribution in [0.3, 0.4) is 0 Å². The van der Waals surface area contributed by atoms with Gasteiger partial charge in [0.1, 0.15) is 11.6 Å². The van der Waals surface area contributed by atoms with Crippen LogP contribution in [0.2, 0.25) is 0 Å². The molecule has 1 aromatic heterocycles. The van der Waals surface area contributed by atoms with E-state index in [1.807, 2.05) is 44.2 Å². The smallest absolute Gasteiger partial charge is 0.248 e. The number of likely N-dealkylation sites (tertiary alicyclic amines) is 1. The van der Waals surface area contributed by atoms with Gasteiger partial charge < -0.3 is 15.8 Å². The molecule has 0 aliphatic carbocycles. The number of rotatable bonds is 9. The number of benzene rings is 3. The second-order valence-electron chi connectivity index (χ2n) is 10.7. The Morgan fingerprint density at radius 2 is 1.79 bits per heavy atom. The molecule has 9 heteroatoms. The number of hydrogen-bond donors (Lipinski definition) is 2. The summed E-state index contributed by atoms with van der Waals surface area (Å²) < 4.78 is 20.1. The normalized spacial score (nSPS) is 14.0. The maximum absolute atomic E-state index is 13.7. The minimum absolute atomic E-state index is 0.188. The molecule has 3 N–H and O–H groups in total. The van der Waals surface area contributed by atoms with Crippen LogP contribution in [-0.2, 0) is 6.54 Å². The van der Waals surface area contributed by atoms with Crippen molar-refractivity contribution in [1.82, 2.24) is 14.9 Å². The number of primary amides is 1. The number of allylic oxidation sites excluding steroid dienone is 1. The molecule has 1 aliphatic rings. The lowest BCUT2D eigenvalue weighted by molar-refractivity contribution is 0.1000. The number of amides is 1. The van der Waals surface area contributed by atoms with E-state index in [2.05, 4.69) is 15.2 Å². The Morgan fingerprint density at radius 3 is 2.42 bits per heavy atom. The first-order chi connectivity index (χ1) is 20.8. The number of hydrogen-bond acceptors (Lipinski definition) is 7. The maximum atomic E-state index is 13.7. The lowest BCUT2D eigenvalue weighted by Gasteiger charge is -2.32. The van der Waals surface area contributed by atoms with E-state index in [-0.39, 0.29) is 11.9 Å². The van der Waals surface area contributed by atoms with E-state index in [1.54, 1.807) is 36.5 Å². The molecule has 0 bridgehead atoms. The predicted molar refractivity (Wildman–Crippen MR) is 165 cm³/mol. The van der Waals surface area contributed by atoms with Crippen LogP contribution in [0.25, 0.3) is 17.2 Å². The van der Waals surface area contributed by atoms with Crippen molar-refractivity contribution in [3.05, 3.63) is 107 Å². The van der Waals surface area contributed by atoms with Gasteiger partial charge in [0.15, 0.2) is 0 Å². The summed E-state index contributed by atoms with van der Waals surface area (Å²) in [6.45, 7) is 6.50. The molecular formula is C34H33FN6O2. The van der Waals surface area contributed by atoms with Crippen LogP contribution in [0.1, 0.15) is 45.5 Å². The van der Waals surface area contributed by atoms with Crippen LogP contribution in [0, 0.1) is 31.0 Å². The zero-order valence-corrected chi connectivity index (χ0v) is 24.2. The highest BCUT2D eigenvalue weighted by atomic mass is 19.1. The Bertz CT molecular complexity index is 1650. The van der Waals surface area contributed by atoms with Gasteiger partial charge in [-0.3, -0.25) is 9.69 Å². The second kappa shape index (κ2) is 13.3. The number of aryl methyl sites for hydroxylation is 2. The Kier molecular flexibility index (Phi) is 9.08. The Morgan fingerprint density at radius 1 is 1.12 bits per heavy atom. The van der Waals surface area contributed by atoms with Gasteiger partial charge >= 0.3 is 0 Å². The van der Waals surface area contributed by atoms with Crippen molar-refractivity contribution in [3.63, 3.8) is 0 Å². The largest absolute Gasteiger partial charge is 0.438 e. The fraction of sp³-hybridized carbons (Fsp3) is 0.235. The van der Waals surface area contributed by atoms with E-state index in [4.69, 9.17) is 20.7 Å². The number of carbonyl (C=O) groups is 1. The van der Waals surface area contributed by atoms with Gasteiger partial charge in [-0.15, -0.1) is 0 Å². The number of nitrogens with zero attached hydrogens (tertiary/aromatic N) is 4. The van der Waals surface area contributed by atoms with Gasteiger partial charge in [-0.1, -0.05) is 24.3 Å². The second-order valence-corrected chi connectivity index (χ2v) is 10.7. The average molecular weight is 577 g/mol. The molecule has 218 valence electrons. The molecular weight excluding hydrogens is 543 g/mol. The zero-order chi connectivity index (χ0) is 30.3. The predicted octanol–water partition coefficient (Wildman–Crippen LogP) is 6.40. The van der Waals surface area contributed by atoms with Crippen LogP contribution < -0.4 is 15.8 Å². The van der Waals surface area contributed by atoms with E-state index in [9.17, 15) is 9.18 Å². The number of carbonyl (C=O) groups excluding carboxylic acids is 1. The third-order valence-corrected chi connectivity index (χ3v) is 7.51. The number of anilines is 1. The summed E-state index contributed by atoms with van der Waals surface area (Å²) in [7, 11) is 0. The number of nitrogens with one attached hydrogen (secondary N) is 1. The summed E-state index contributed by atoms with van der Waals surface area (Å²) in [5.74, 6) is 0.747. The van der Waals surface area contributed by atoms with E-state index < -0.39 is 5.91 Å². The molecule has 4 aromatic rings. The number of nitriles is 1. The van der Waals surface area contributed by atoms with E-state index in [0.29, 0.717) is 28.7 Å². The van der Waals surface area contributed by atoms with Gasteiger partial charge in [0.2, 0.25) is 17.7 Å². The summed E-state index contributed by atoms with van der Waals surface area (Å²) in [4.78, 5) is 23.1. The van der Waals surface area contributed by atoms with Crippen molar-refractivity contribution in [2.45, 2.75) is 39.3 Å². The average Bonchev–Trinajstić information content (AvgIpc) is 3.00. The molecule has 1 fully saturated rings. The summed E-state index contributed by atoms with van der Waals surface area (Å²) in [6.07, 6.45) is 6.73. The molecule has 1 aliphatic heterocycles. The lowest BCUT2D eigenvalue weighted by atomic mass is 10.0. The first kappa shape index (κ1) is 29.4. The SMILES string of the molecule is Cc1cc(/C=C/C#N)cc(C)c1Oc1nc(NC2CCN(Cc3ccc(C(N)=O)cc3)CC2)ncc1-c1ccc(F)cc1. The van der Waals surface area contributed by atoms with Crippen LogP contribution in [0.15, 0.2) is 72.9 Å². The van der Waals surface area contributed by atoms with E-state index in [0.717, 1.165) is 60.3 Å². The Labute approximate surface area is 250 Å². The molecule has 0 spiro atoms. The van der Waals surface area contributed by atoms with Crippen LogP contribution in [0.4, 0.5) is 10.3 Å². The quantitative estimate of drug-likeness (QED) is 0.221. The third kappa shape index (κ3) is 7.42. The van der Waals surface area contributed by atoms with Gasteiger partial charge in [0.05, 0.1) is 11.6 Å². The Balaban J connectivity index is 1.32. The van der Waals surface area contributed by atoms with Crippen LogP contribution in [0.5, 0.6) is 11.6 Å². The standard InChI is InChI=1S/C34H33FN6O2/c1-22-18-25(4-3-15-36)19-23(2)31(22)43-33-30(26-9-11-28(35)12-10-26)20-38-34(40-33)39-29-13-16-41(17-14-29)21-24-5-7-27(8-6-24)32(37)42/h3-12,18-20,29H,13-14,16-17,21H2,1-2H3,(H2,37,42)(H,38,39,40)/b4-3+. The monoisotopic (exact) mass is 576 g/mol. The highest BCUT2D eigenvalue weighted by Gasteiger charge is 2.22. The lowest BCUT2D eigenvalue weighted by Crippen LogP contribution is -2.39. The minimum Gasteiger partial charge on any atom is -0.438 e. The summed E-state index contributed by atoms with van der Waals surface area (Å²) in [5, 5.41) is 12.4. The van der Waals surface area contributed by atoms with Gasteiger partial charge in [-0.2, -0.15) is 10.2 Å². The van der Waals surface area contributed by atoms with Gasteiger partial charge in [0, 0.05) is 43.5 Å². The van der Waals surface area contributed by atoms with Gasteiger partial charge in [-0.25, -0.2) is 9.37 Å². The number of ether oxygens (including phenoxy) is 1. The number of halogens is 1. The summed E-state index contributed by atoms with van der Waals surface area (Å²) >= 11 is 0. The molecule has 43 heavy (non-hydrogen) atoms. The molecule has 0 saturated carbocycles. The first-order valence-corrected chi connectivity index (χ1v) is 14.1. The van der Waals surface area contributed by atoms with Crippen molar-refractivity contribution in [1.29, 1.82) is 5.26 Å². The molecule has 0 atom stereocenters. The van der Waals surface area contributed by atoms with Crippen molar-refractivity contribution in [3.8, 4) is 28.8 Å². The molecule has 5 rings (SSSR count). The first-order valence-electron chi connectivity index (χ1n) is 14.1. The number of nitrogens with two attached hydrogens (primary N) is 1. The fourth-order valence-corrected chi connectivity index (χ4v) is 5.26. The third-order valence-electron chi connectivity index (χ3n) is 7.51. The fourth-order valence-electron chi connectivity index (χ4n) is 5.26. The highest BCUT2D eigenvalue weighted by Crippen LogP contribution is 2.36. The topological polar surface area (TPSA) is 117 Å². The summed E-state index contributed by atoms with van der Waals surface area (Å²) in [5.41, 5.74) is 11.1. The van der Waals surface area contributed by atoms with Gasteiger partial charge in [-0.05, 0) is 97.0 Å². The molecule has 8 nitrogen and oxygen atoms in total. The van der Waals surface area contributed by atoms with Crippen LogP contribution in [-0.4, -0.2) is 39.9 Å². The number of aromatic nitrogens is 2. The summed E-state index contributed by atoms with van der Waals surface area (Å²) in [6, 6.07) is 19.7. The Hall–Kier alpha value is -5.07. The molecule has 0 unspecified atom stereocenters. The van der Waals surface area contributed by atoms with Crippen LogP contribution >= 0.6 is 0 Å². The molecule has 3 aromatic carbocycles. The highest BCUT2D eigenvalue weighted by molar-refractivity contribution is 5.92. The minimum atomic E-state index is -0.424.